The first-order chi connectivity index (χ1) is 15.1. The van der Waals surface area contributed by atoms with E-state index < -0.39 is 15.9 Å². The van der Waals surface area contributed by atoms with Crippen LogP contribution in [0.15, 0.2) is 53.4 Å². The normalized spacial score (nSPS) is 16.6. The fourth-order valence-electron chi connectivity index (χ4n) is 3.47. The lowest BCUT2D eigenvalue weighted by Crippen LogP contribution is -2.33. The average Bonchev–Trinajstić information content (AvgIpc) is 3.18. The van der Waals surface area contributed by atoms with Crippen molar-refractivity contribution in [3.8, 4) is 5.75 Å². The molecule has 0 aromatic heterocycles. The minimum Gasteiger partial charge on any atom is -0.497 e. The molecule has 0 aliphatic carbocycles. The first-order valence-corrected chi connectivity index (χ1v) is 11.9. The third-order valence-electron chi connectivity index (χ3n) is 5.66. The molecule has 172 valence electrons. The summed E-state index contributed by atoms with van der Waals surface area (Å²) < 4.78 is 31.6. The summed E-state index contributed by atoms with van der Waals surface area (Å²) in [6.07, 6.45) is 0.141. The van der Waals surface area contributed by atoms with Crippen LogP contribution in [0.1, 0.15) is 25.8 Å². The molecule has 1 unspecified atom stereocenters. The molecule has 0 radical (unpaired) electrons. The Morgan fingerprint density at radius 2 is 1.91 bits per heavy atom. The number of hydrogen-bond acceptors (Lipinski definition) is 5. The van der Waals surface area contributed by atoms with E-state index in [9.17, 15) is 18.0 Å². The summed E-state index contributed by atoms with van der Waals surface area (Å²) in [5.74, 6) is -0.122. The Balaban J connectivity index is 1.59. The molecule has 0 spiro atoms. The van der Waals surface area contributed by atoms with Crippen molar-refractivity contribution in [1.29, 1.82) is 0 Å². The van der Waals surface area contributed by atoms with E-state index >= 15 is 0 Å². The number of nitrogens with zero attached hydrogens (tertiary/aromatic N) is 2. The van der Waals surface area contributed by atoms with Crippen LogP contribution in [0, 0.1) is 5.92 Å². The molecule has 2 aromatic rings. The zero-order chi connectivity index (χ0) is 23.5. The summed E-state index contributed by atoms with van der Waals surface area (Å²) in [5.41, 5.74) is 1.48. The van der Waals surface area contributed by atoms with Crippen LogP contribution in [-0.4, -0.2) is 51.3 Å². The van der Waals surface area contributed by atoms with Crippen LogP contribution < -0.4 is 15.0 Å². The van der Waals surface area contributed by atoms with Crippen LogP contribution in [0.4, 0.5) is 5.69 Å². The molecule has 1 aliphatic heterocycles. The number of rotatable bonds is 8. The van der Waals surface area contributed by atoms with E-state index in [0.717, 1.165) is 5.56 Å². The number of anilines is 1. The molecule has 1 saturated heterocycles. The van der Waals surface area contributed by atoms with Gasteiger partial charge in [-0.15, -0.1) is 0 Å². The monoisotopic (exact) mass is 459 g/mol. The van der Waals surface area contributed by atoms with Gasteiger partial charge in [0.2, 0.25) is 21.8 Å². The zero-order valence-electron chi connectivity index (χ0n) is 18.7. The van der Waals surface area contributed by atoms with Crippen LogP contribution in [0.5, 0.6) is 5.75 Å². The van der Waals surface area contributed by atoms with Gasteiger partial charge in [0.05, 0.1) is 17.9 Å². The van der Waals surface area contributed by atoms with E-state index in [1.54, 1.807) is 61.5 Å². The van der Waals surface area contributed by atoms with Gasteiger partial charge in [0.15, 0.2) is 0 Å². The molecule has 8 nitrogen and oxygen atoms in total. The minimum absolute atomic E-state index is 0.109. The predicted molar refractivity (Wildman–Crippen MR) is 122 cm³/mol. The molecule has 1 heterocycles. The second kappa shape index (κ2) is 9.70. The van der Waals surface area contributed by atoms with E-state index in [1.807, 2.05) is 19.9 Å². The Labute approximate surface area is 189 Å². The van der Waals surface area contributed by atoms with Crippen molar-refractivity contribution < 1.29 is 22.7 Å². The number of sulfonamides is 1. The third kappa shape index (κ3) is 5.11. The first-order valence-electron chi connectivity index (χ1n) is 10.4. The Kier molecular flexibility index (Phi) is 7.20. The number of methoxy groups -OCH3 is 1. The predicted octanol–water partition coefficient (Wildman–Crippen LogP) is 2.39. The highest BCUT2D eigenvalue weighted by atomic mass is 32.2. The smallest absolute Gasteiger partial charge is 0.243 e. The summed E-state index contributed by atoms with van der Waals surface area (Å²) in [6.45, 7) is 4.18. The van der Waals surface area contributed by atoms with E-state index in [0.29, 0.717) is 18.0 Å². The number of benzene rings is 2. The van der Waals surface area contributed by atoms with Gasteiger partial charge < -0.3 is 15.0 Å². The molecule has 3 rings (SSSR count). The number of ether oxygens (including phenoxy) is 1. The summed E-state index contributed by atoms with van der Waals surface area (Å²) in [7, 11) is -0.440. The maximum Gasteiger partial charge on any atom is 0.243 e. The molecular weight excluding hydrogens is 430 g/mol. The number of carbonyl (C=O) groups excluding carboxylic acids is 2. The van der Waals surface area contributed by atoms with Gasteiger partial charge in [0, 0.05) is 44.4 Å². The molecule has 2 aromatic carbocycles. The molecule has 1 N–H and O–H groups in total. The molecule has 1 aliphatic rings. The van der Waals surface area contributed by atoms with Crippen LogP contribution in [-0.2, 0) is 26.2 Å². The van der Waals surface area contributed by atoms with Crippen LogP contribution >= 0.6 is 0 Å². The Morgan fingerprint density at radius 3 is 2.53 bits per heavy atom. The number of hydrogen-bond donors (Lipinski definition) is 1. The van der Waals surface area contributed by atoms with Crippen molar-refractivity contribution in [2.75, 3.05) is 25.6 Å². The second-order valence-electron chi connectivity index (χ2n) is 8.08. The number of carbonyl (C=O) groups is 2. The lowest BCUT2D eigenvalue weighted by molar-refractivity contribution is -0.126. The van der Waals surface area contributed by atoms with Gasteiger partial charge in [0.1, 0.15) is 5.75 Å². The summed E-state index contributed by atoms with van der Waals surface area (Å²) in [4.78, 5) is 26.9. The van der Waals surface area contributed by atoms with Gasteiger partial charge >= 0.3 is 0 Å². The van der Waals surface area contributed by atoms with Crippen molar-refractivity contribution in [2.24, 2.45) is 5.92 Å². The SMILES string of the molecule is COc1cccc(N2CC(C(=O)NCc3ccc(S(=O)(=O)N(C)C(C)C)cc3)CC2=O)c1. The van der Waals surface area contributed by atoms with E-state index in [2.05, 4.69) is 5.32 Å². The maximum absolute atomic E-state index is 12.6. The first kappa shape index (κ1) is 23.7. The van der Waals surface area contributed by atoms with Crippen molar-refractivity contribution >= 4 is 27.5 Å². The standard InChI is InChI=1S/C23H29N3O5S/c1-16(2)25(3)32(29,30)21-10-8-17(9-11-21)14-24-23(28)18-12-22(27)26(15-18)19-6-5-7-20(13-19)31-4/h5-11,13,16,18H,12,14-15H2,1-4H3,(H,24,28). The van der Waals surface area contributed by atoms with Crippen molar-refractivity contribution in [2.45, 2.75) is 37.8 Å². The molecule has 9 heteroatoms. The van der Waals surface area contributed by atoms with Gasteiger partial charge in [-0.2, -0.15) is 4.31 Å². The fourth-order valence-corrected chi connectivity index (χ4v) is 4.84. The number of amides is 2. The van der Waals surface area contributed by atoms with E-state index in [4.69, 9.17) is 4.74 Å². The molecule has 2 amide bonds. The average molecular weight is 460 g/mol. The van der Waals surface area contributed by atoms with Crippen LogP contribution in [0.3, 0.4) is 0 Å². The van der Waals surface area contributed by atoms with Crippen molar-refractivity contribution in [3.05, 3.63) is 54.1 Å². The highest BCUT2D eigenvalue weighted by Crippen LogP contribution is 2.28. The van der Waals surface area contributed by atoms with Gasteiger partial charge in [-0.3, -0.25) is 9.59 Å². The van der Waals surface area contributed by atoms with Gasteiger partial charge in [-0.1, -0.05) is 18.2 Å². The Hall–Kier alpha value is -2.91. The number of nitrogens with one attached hydrogen (secondary N) is 1. The Bertz CT molecular complexity index is 1080. The van der Waals surface area contributed by atoms with Gasteiger partial charge in [-0.25, -0.2) is 8.42 Å². The summed E-state index contributed by atoms with van der Waals surface area (Å²) in [6, 6.07) is 13.5. The highest BCUT2D eigenvalue weighted by molar-refractivity contribution is 7.89. The lowest BCUT2D eigenvalue weighted by atomic mass is 10.1. The van der Waals surface area contributed by atoms with Crippen LogP contribution in [0.25, 0.3) is 0 Å². The van der Waals surface area contributed by atoms with Gasteiger partial charge in [-0.05, 0) is 43.7 Å². The maximum atomic E-state index is 12.6. The summed E-state index contributed by atoms with van der Waals surface area (Å²) in [5, 5.41) is 2.85. The topological polar surface area (TPSA) is 96.0 Å². The fraction of sp³-hybridized carbons (Fsp3) is 0.391. The largest absolute Gasteiger partial charge is 0.497 e. The summed E-state index contributed by atoms with van der Waals surface area (Å²) >= 11 is 0. The van der Waals surface area contributed by atoms with Crippen molar-refractivity contribution in [1.82, 2.24) is 9.62 Å². The van der Waals surface area contributed by atoms with E-state index in [-0.39, 0.29) is 35.7 Å². The highest BCUT2D eigenvalue weighted by Gasteiger charge is 2.35. The quantitative estimate of drug-likeness (QED) is 0.654. The molecule has 1 fully saturated rings. The van der Waals surface area contributed by atoms with Crippen LogP contribution in [0.2, 0.25) is 0 Å². The second-order valence-corrected chi connectivity index (χ2v) is 10.1. The molecule has 1 atom stereocenters. The zero-order valence-corrected chi connectivity index (χ0v) is 19.6. The van der Waals surface area contributed by atoms with Gasteiger partial charge in [0.25, 0.3) is 0 Å². The van der Waals surface area contributed by atoms with E-state index in [1.165, 1.54) is 4.31 Å². The Morgan fingerprint density at radius 1 is 1.22 bits per heavy atom. The molecular formula is C23H29N3O5S. The third-order valence-corrected chi connectivity index (χ3v) is 7.70. The molecule has 32 heavy (non-hydrogen) atoms. The minimum atomic E-state index is -3.55. The lowest BCUT2D eigenvalue weighted by Gasteiger charge is -2.21. The molecule has 0 bridgehead atoms. The molecule has 0 saturated carbocycles. The van der Waals surface area contributed by atoms with Crippen molar-refractivity contribution in [3.63, 3.8) is 0 Å².